The minimum absolute atomic E-state index is 0.0597. The van der Waals surface area contributed by atoms with Crippen LogP contribution >= 0.6 is 0 Å². The predicted octanol–water partition coefficient (Wildman–Crippen LogP) is 2.87. The van der Waals surface area contributed by atoms with Crippen molar-refractivity contribution in [1.29, 1.82) is 0 Å². The number of ether oxygens (including phenoxy) is 4. The molecule has 184 valence electrons. The summed E-state index contributed by atoms with van der Waals surface area (Å²) in [6.45, 7) is 3.30. The number of likely N-dealkylation sites (N-methyl/N-ethyl adjacent to an activating group) is 1. The lowest BCUT2D eigenvalue weighted by Crippen LogP contribution is -2.33. The van der Waals surface area contributed by atoms with Crippen LogP contribution in [0.2, 0.25) is 0 Å². The van der Waals surface area contributed by atoms with Gasteiger partial charge in [-0.3, -0.25) is 14.3 Å². The summed E-state index contributed by atoms with van der Waals surface area (Å²) in [5.74, 6) is 2.33. The fourth-order valence-electron chi connectivity index (χ4n) is 3.29. The molecule has 0 unspecified atom stereocenters. The van der Waals surface area contributed by atoms with Gasteiger partial charge in [-0.15, -0.1) is 0 Å². The molecule has 2 amide bonds. The maximum absolute atomic E-state index is 12.5. The molecule has 0 bridgehead atoms. The molecule has 10 nitrogen and oxygen atoms in total. The van der Waals surface area contributed by atoms with Crippen LogP contribution < -0.4 is 24.3 Å². The molecule has 3 aromatic rings. The number of fused-ring (bicyclic) bond motifs is 1. The molecule has 0 saturated heterocycles. The number of nitrogens with zero attached hydrogens (tertiary/aromatic N) is 3. The molecule has 1 N–H and O–H groups in total. The van der Waals surface area contributed by atoms with Crippen molar-refractivity contribution in [1.82, 2.24) is 14.7 Å². The zero-order valence-electron chi connectivity index (χ0n) is 19.7. The highest BCUT2D eigenvalue weighted by atomic mass is 16.7. The number of nitrogens with one attached hydrogen (secondary N) is 1. The van der Waals surface area contributed by atoms with Crippen molar-refractivity contribution < 1.29 is 28.5 Å². The summed E-state index contributed by atoms with van der Waals surface area (Å²) in [5.41, 5.74) is 1.67. The van der Waals surface area contributed by atoms with Crippen LogP contribution in [0.5, 0.6) is 23.0 Å². The lowest BCUT2D eigenvalue weighted by atomic mass is 10.2. The summed E-state index contributed by atoms with van der Waals surface area (Å²) in [7, 11) is 1.72. The molecular formula is C25H28N4O6. The summed E-state index contributed by atoms with van der Waals surface area (Å²) < 4.78 is 23.3. The first-order valence-corrected chi connectivity index (χ1v) is 11.2. The van der Waals surface area contributed by atoms with Crippen LogP contribution in [0.3, 0.4) is 0 Å². The summed E-state index contributed by atoms with van der Waals surface area (Å²) in [4.78, 5) is 26.3. The number of aryl methyl sites for hydroxylation is 1. The van der Waals surface area contributed by atoms with Crippen molar-refractivity contribution >= 4 is 17.5 Å². The Morgan fingerprint density at radius 3 is 2.63 bits per heavy atom. The van der Waals surface area contributed by atoms with Gasteiger partial charge in [0.15, 0.2) is 11.5 Å². The van der Waals surface area contributed by atoms with Crippen molar-refractivity contribution in [2.24, 2.45) is 0 Å². The fraction of sp³-hybridized carbons (Fsp3) is 0.320. The summed E-state index contributed by atoms with van der Waals surface area (Å²) in [6.07, 6.45) is 3.28. The van der Waals surface area contributed by atoms with E-state index in [2.05, 4.69) is 10.4 Å². The topological polar surface area (TPSA) is 104 Å². The van der Waals surface area contributed by atoms with Crippen LogP contribution in [0.1, 0.15) is 12.0 Å². The molecule has 4 rings (SSSR count). The van der Waals surface area contributed by atoms with E-state index in [0.717, 1.165) is 11.3 Å². The molecule has 1 aromatic heterocycles. The normalized spacial score (nSPS) is 11.7. The minimum Gasteiger partial charge on any atom is -0.493 e. The van der Waals surface area contributed by atoms with Crippen molar-refractivity contribution in [3.63, 3.8) is 0 Å². The smallest absolute Gasteiger partial charge is 0.244 e. The second-order valence-electron chi connectivity index (χ2n) is 8.07. The van der Waals surface area contributed by atoms with E-state index in [1.165, 1.54) is 10.9 Å². The van der Waals surface area contributed by atoms with Gasteiger partial charge < -0.3 is 29.2 Å². The van der Waals surface area contributed by atoms with E-state index >= 15 is 0 Å². The van der Waals surface area contributed by atoms with E-state index < -0.39 is 0 Å². The number of aromatic nitrogens is 2. The molecule has 10 heteroatoms. The van der Waals surface area contributed by atoms with Crippen LogP contribution in [0.4, 0.5) is 5.69 Å². The molecule has 1 aliphatic rings. The van der Waals surface area contributed by atoms with Crippen LogP contribution in [0.15, 0.2) is 54.9 Å². The van der Waals surface area contributed by atoms with Gasteiger partial charge in [-0.1, -0.05) is 17.7 Å². The number of carbonyl (C=O) groups excluding carboxylic acids is 2. The van der Waals surface area contributed by atoms with Crippen molar-refractivity contribution in [3.8, 4) is 23.0 Å². The Morgan fingerprint density at radius 2 is 1.80 bits per heavy atom. The Balaban J connectivity index is 1.15. The van der Waals surface area contributed by atoms with Gasteiger partial charge in [-0.2, -0.15) is 5.10 Å². The second kappa shape index (κ2) is 11.3. The Kier molecular flexibility index (Phi) is 7.71. The van der Waals surface area contributed by atoms with E-state index in [0.29, 0.717) is 36.1 Å². The highest BCUT2D eigenvalue weighted by molar-refractivity contribution is 5.90. The van der Waals surface area contributed by atoms with Gasteiger partial charge >= 0.3 is 0 Å². The molecule has 35 heavy (non-hydrogen) atoms. The van der Waals surface area contributed by atoms with Gasteiger partial charge in [-0.05, 0) is 31.2 Å². The van der Waals surface area contributed by atoms with E-state index in [9.17, 15) is 9.59 Å². The largest absolute Gasteiger partial charge is 0.493 e. The van der Waals surface area contributed by atoms with E-state index in [4.69, 9.17) is 18.9 Å². The number of amides is 2. The van der Waals surface area contributed by atoms with Gasteiger partial charge in [-0.25, -0.2) is 0 Å². The quantitative estimate of drug-likeness (QED) is 0.450. The average Bonchev–Trinajstić information content (AvgIpc) is 3.49. The third-order valence-corrected chi connectivity index (χ3v) is 5.30. The SMILES string of the molecule is Cc1ccc(OCCN(C)C(=O)Cn2cc(NC(=O)CCOc3ccc4c(c3)OCO4)cn2)cc1. The average molecular weight is 481 g/mol. The van der Waals surface area contributed by atoms with Crippen LogP contribution in [-0.2, 0) is 16.1 Å². The fourth-order valence-corrected chi connectivity index (χ4v) is 3.29. The first kappa shape index (κ1) is 23.9. The van der Waals surface area contributed by atoms with Crippen molar-refractivity contribution in [2.45, 2.75) is 19.9 Å². The predicted molar refractivity (Wildman–Crippen MR) is 128 cm³/mol. The van der Waals surface area contributed by atoms with Gasteiger partial charge in [0.05, 0.1) is 31.5 Å². The molecule has 0 aliphatic carbocycles. The highest BCUT2D eigenvalue weighted by Gasteiger charge is 2.14. The molecule has 0 saturated carbocycles. The van der Waals surface area contributed by atoms with Crippen molar-refractivity contribution in [2.75, 3.05) is 38.9 Å². The second-order valence-corrected chi connectivity index (χ2v) is 8.07. The number of hydrogen-bond acceptors (Lipinski definition) is 7. The van der Waals surface area contributed by atoms with Crippen molar-refractivity contribution in [3.05, 3.63) is 60.4 Å². The Morgan fingerprint density at radius 1 is 1.06 bits per heavy atom. The Labute approximate surface area is 203 Å². The Bertz CT molecular complexity index is 1160. The molecule has 2 aromatic carbocycles. The summed E-state index contributed by atoms with van der Waals surface area (Å²) >= 11 is 0. The maximum Gasteiger partial charge on any atom is 0.244 e. The van der Waals surface area contributed by atoms with E-state index in [1.54, 1.807) is 36.3 Å². The van der Waals surface area contributed by atoms with E-state index in [1.807, 2.05) is 31.2 Å². The lowest BCUT2D eigenvalue weighted by molar-refractivity contribution is -0.131. The third kappa shape index (κ3) is 6.89. The molecule has 0 spiro atoms. The zero-order chi connectivity index (χ0) is 24.6. The van der Waals surface area contributed by atoms with Gasteiger partial charge in [0, 0.05) is 19.3 Å². The number of anilines is 1. The molecule has 0 radical (unpaired) electrons. The molecular weight excluding hydrogens is 452 g/mol. The zero-order valence-corrected chi connectivity index (χ0v) is 19.7. The van der Waals surface area contributed by atoms with Crippen LogP contribution in [0, 0.1) is 6.92 Å². The van der Waals surface area contributed by atoms with Crippen LogP contribution in [-0.4, -0.2) is 60.1 Å². The monoisotopic (exact) mass is 480 g/mol. The first-order valence-electron chi connectivity index (χ1n) is 11.2. The highest BCUT2D eigenvalue weighted by Crippen LogP contribution is 2.35. The number of carbonyl (C=O) groups is 2. The van der Waals surface area contributed by atoms with Gasteiger partial charge in [0.25, 0.3) is 0 Å². The molecule has 1 aliphatic heterocycles. The van der Waals surface area contributed by atoms with Gasteiger partial charge in [0.2, 0.25) is 18.6 Å². The molecule has 0 atom stereocenters. The van der Waals surface area contributed by atoms with E-state index in [-0.39, 0.29) is 38.2 Å². The maximum atomic E-state index is 12.5. The number of benzene rings is 2. The summed E-state index contributed by atoms with van der Waals surface area (Å²) in [5, 5.41) is 6.91. The lowest BCUT2D eigenvalue weighted by Gasteiger charge is -2.17. The first-order chi connectivity index (χ1) is 17.0. The molecule has 0 fully saturated rings. The summed E-state index contributed by atoms with van der Waals surface area (Å²) in [6, 6.07) is 13.0. The molecule has 2 heterocycles. The number of rotatable bonds is 11. The standard InChI is InChI=1S/C25H28N4O6/c1-18-3-5-20(6-4-18)33-12-10-28(2)25(31)16-29-15-19(14-26-29)27-24(30)9-11-32-21-7-8-22-23(13-21)35-17-34-22/h3-8,13-15H,9-12,16-17H2,1-2H3,(H,27,30). The third-order valence-electron chi connectivity index (χ3n) is 5.30. The minimum atomic E-state index is -0.220. The van der Waals surface area contributed by atoms with Crippen LogP contribution in [0.25, 0.3) is 0 Å². The Hall–Kier alpha value is -4.21. The van der Waals surface area contributed by atoms with Gasteiger partial charge in [0.1, 0.15) is 24.7 Å². The number of hydrogen-bond donors (Lipinski definition) is 1.